The van der Waals surface area contributed by atoms with E-state index in [-0.39, 0.29) is 28.5 Å². The molecule has 8 aromatic carbocycles. The maximum absolute atomic E-state index is 9.25. The van der Waals surface area contributed by atoms with Crippen LogP contribution in [0.1, 0.15) is 97.7 Å². The molecular weight excluding hydrogens is 877 g/mol. The van der Waals surface area contributed by atoms with Crippen molar-refractivity contribution in [3.63, 3.8) is 0 Å². The van der Waals surface area contributed by atoms with Gasteiger partial charge in [0.05, 0.1) is 40.3 Å². The van der Waals surface area contributed by atoms with Gasteiger partial charge in [-0.15, -0.1) is 0 Å². The van der Waals surface area contributed by atoms with E-state index in [4.69, 9.17) is 13.8 Å². The fourth-order valence-corrected chi connectivity index (χ4v) is 10.2. The molecule has 0 atom stereocenters. The highest BCUT2D eigenvalue weighted by molar-refractivity contribution is 6.10. The summed E-state index contributed by atoms with van der Waals surface area (Å²) in [6.07, 6.45) is 7.74. The highest BCUT2D eigenvalue weighted by Crippen LogP contribution is 2.41. The van der Waals surface area contributed by atoms with Crippen LogP contribution in [-0.2, 0) is 10.8 Å². The molecule has 0 fully saturated rings. The molecule has 0 saturated carbocycles. The lowest BCUT2D eigenvalue weighted by Crippen LogP contribution is -2.31. The van der Waals surface area contributed by atoms with Crippen molar-refractivity contribution in [2.24, 2.45) is 0 Å². The van der Waals surface area contributed by atoms with Crippen LogP contribution in [0.5, 0.6) is 11.5 Å². The minimum absolute atomic E-state index is 0.117. The molecule has 0 unspecified atom stereocenters. The average molecular weight is 944 g/mol. The van der Waals surface area contributed by atoms with E-state index in [0.717, 1.165) is 90.6 Å². The summed E-state index contributed by atoms with van der Waals surface area (Å²) in [6.45, 7) is 17.7. The Bertz CT molecular complexity index is 4020. The summed E-state index contributed by atoms with van der Waals surface area (Å²) < 4.78 is 57.6. The molecule has 5 nitrogen and oxygen atoms in total. The third-order valence-electron chi connectivity index (χ3n) is 14.2. The van der Waals surface area contributed by atoms with Gasteiger partial charge in [0.1, 0.15) is 17.3 Å². The minimum Gasteiger partial charge on any atom is -0.458 e. The number of para-hydroxylation sites is 3. The summed E-state index contributed by atoms with van der Waals surface area (Å²) in [5, 5.41) is 2.22. The Labute approximate surface area is 431 Å². The molecule has 3 heterocycles. The summed E-state index contributed by atoms with van der Waals surface area (Å²) >= 11 is 0. The smallest absolute Gasteiger partial charge is 0.269 e. The number of hydrogen-bond acceptors (Lipinski definition) is 2. The van der Waals surface area contributed by atoms with Crippen LogP contribution in [0.4, 0.5) is 0 Å². The van der Waals surface area contributed by atoms with Crippen molar-refractivity contribution in [2.75, 3.05) is 0 Å². The third kappa shape index (κ3) is 8.68. The fourth-order valence-electron chi connectivity index (χ4n) is 10.2. The number of nitrogens with zero attached hydrogens (tertiary/aromatic N) is 4. The van der Waals surface area contributed by atoms with Gasteiger partial charge in [0, 0.05) is 23.0 Å². The van der Waals surface area contributed by atoms with Crippen LogP contribution in [0.3, 0.4) is 0 Å². The van der Waals surface area contributed by atoms with Crippen LogP contribution in [0.25, 0.3) is 83.4 Å². The van der Waals surface area contributed by atoms with Gasteiger partial charge >= 0.3 is 0 Å². The van der Waals surface area contributed by atoms with Crippen LogP contribution >= 0.6 is 0 Å². The first-order valence-electron chi connectivity index (χ1n) is 27.6. The first kappa shape index (κ1) is 40.7. The first-order chi connectivity index (χ1) is 36.9. The molecule has 0 spiro atoms. The predicted molar refractivity (Wildman–Crippen MR) is 299 cm³/mol. The fraction of sp³-hybridized carbons (Fsp3) is 0.194. The number of imidazole rings is 1. The molecule has 0 amide bonds. The Morgan fingerprint density at radius 1 is 0.569 bits per heavy atom. The molecule has 0 N–H and O–H groups in total. The van der Waals surface area contributed by atoms with Gasteiger partial charge in [-0.05, 0) is 134 Å². The normalized spacial score (nSPS) is 13.1. The van der Waals surface area contributed by atoms with Crippen LogP contribution in [0.2, 0.25) is 0 Å². The van der Waals surface area contributed by atoms with E-state index in [1.165, 1.54) is 5.56 Å². The Hall–Kier alpha value is -8.02. The molecule has 356 valence electrons. The van der Waals surface area contributed by atoms with Gasteiger partial charge < -0.3 is 4.74 Å². The molecule has 0 saturated heterocycles. The van der Waals surface area contributed by atoms with Gasteiger partial charge in [-0.1, -0.05) is 189 Å². The SMILES string of the molecule is [2H]c1c([2H])c([2H])c(-c2cccc(-c3cc(C(C)(C)C)cc(C(C)(C)C)c3)c2-[n+]2[c-]n(-c3cccc(Oc4ccc5c6cc(-c7ccccc7)ccc6n(-c6cc(C(CC)CC)ccn6)c5c4)c3)c3ccccc32)c([2H])c1[2H]. The number of fused-ring (bicyclic) bond motifs is 4. The first-order valence-corrected chi connectivity index (χ1v) is 25.1. The number of rotatable bonds is 11. The molecular formula is C67H62N4O. The molecule has 72 heavy (non-hydrogen) atoms. The molecule has 5 heteroatoms. The number of benzene rings is 8. The van der Waals surface area contributed by atoms with E-state index in [1.54, 1.807) is 0 Å². The van der Waals surface area contributed by atoms with E-state index in [2.05, 4.69) is 157 Å². The van der Waals surface area contributed by atoms with E-state index < -0.39 is 18.1 Å². The highest BCUT2D eigenvalue weighted by Gasteiger charge is 2.25. The topological polar surface area (TPSA) is 35.9 Å². The average Bonchev–Trinajstić information content (AvgIpc) is 4.21. The zero-order chi connectivity index (χ0) is 54.1. The maximum atomic E-state index is 9.25. The summed E-state index contributed by atoms with van der Waals surface area (Å²) in [7, 11) is 0. The standard InChI is InChI=1S/C67H62N4O/c1-9-45(10-2)49-35-36-68-64(40-49)71-60-34-31-48(46-21-13-11-14-22-46)39-59(60)58-33-32-55(43-63(58)71)72-54-26-19-25-53(42-54)69-44-70(62-30-18-17-29-61(62)69)65-56(47-23-15-12-16-24-47)27-20-28-57(65)50-37-51(66(3,4)5)41-52(38-50)67(6,7)8/h11-43,45H,9-10H2,1-8H3/i12D,15D,16D,23D,24D. The van der Waals surface area contributed by atoms with Gasteiger partial charge in [0.2, 0.25) is 0 Å². The Kier molecular flexibility index (Phi) is 10.5. The van der Waals surface area contributed by atoms with Gasteiger partial charge in [-0.3, -0.25) is 13.7 Å². The zero-order valence-corrected chi connectivity index (χ0v) is 42.4. The monoisotopic (exact) mass is 944 g/mol. The molecule has 3 aromatic heterocycles. The number of pyridine rings is 1. The summed E-state index contributed by atoms with van der Waals surface area (Å²) in [6, 6.07) is 54.6. The third-order valence-corrected chi connectivity index (χ3v) is 14.2. The van der Waals surface area contributed by atoms with E-state index >= 15 is 0 Å². The minimum atomic E-state index is -0.439. The van der Waals surface area contributed by atoms with E-state index in [9.17, 15) is 2.74 Å². The molecule has 0 aliphatic carbocycles. The lowest BCUT2D eigenvalue weighted by atomic mass is 9.78. The summed E-state index contributed by atoms with van der Waals surface area (Å²) in [5.41, 5.74) is 13.0. The van der Waals surface area contributed by atoms with Crippen molar-refractivity contribution >= 4 is 32.8 Å². The molecule has 0 aliphatic rings. The van der Waals surface area contributed by atoms with Gasteiger partial charge in [-0.25, -0.2) is 4.98 Å². The van der Waals surface area contributed by atoms with E-state index in [0.29, 0.717) is 28.7 Å². The number of aromatic nitrogens is 4. The predicted octanol–water partition coefficient (Wildman–Crippen LogP) is 17.5. The van der Waals surface area contributed by atoms with Crippen molar-refractivity contribution in [2.45, 2.75) is 85.0 Å². The van der Waals surface area contributed by atoms with Crippen molar-refractivity contribution in [3.05, 3.63) is 223 Å². The van der Waals surface area contributed by atoms with E-state index in [1.807, 2.05) is 88.1 Å². The highest BCUT2D eigenvalue weighted by atomic mass is 16.5. The second kappa shape index (κ2) is 18.6. The largest absolute Gasteiger partial charge is 0.458 e. The molecule has 0 bridgehead atoms. The van der Waals surface area contributed by atoms with Crippen LogP contribution in [-0.4, -0.2) is 14.1 Å². The van der Waals surface area contributed by atoms with Crippen LogP contribution in [0, 0.1) is 6.33 Å². The van der Waals surface area contributed by atoms with Crippen molar-refractivity contribution in [1.29, 1.82) is 0 Å². The lowest BCUT2D eigenvalue weighted by molar-refractivity contribution is -0.571. The Balaban J connectivity index is 1.07. The van der Waals surface area contributed by atoms with Crippen LogP contribution in [0.15, 0.2) is 200 Å². The molecule has 11 aromatic rings. The van der Waals surface area contributed by atoms with Gasteiger partial charge in [0.25, 0.3) is 6.33 Å². The maximum Gasteiger partial charge on any atom is 0.269 e. The lowest BCUT2D eigenvalue weighted by Gasteiger charge is -2.27. The van der Waals surface area contributed by atoms with Crippen molar-refractivity contribution < 1.29 is 16.2 Å². The van der Waals surface area contributed by atoms with Crippen molar-refractivity contribution in [3.8, 4) is 62.1 Å². The van der Waals surface area contributed by atoms with Crippen molar-refractivity contribution in [1.82, 2.24) is 14.1 Å². The summed E-state index contributed by atoms with van der Waals surface area (Å²) in [5.74, 6) is 2.57. The Morgan fingerprint density at radius 2 is 1.26 bits per heavy atom. The van der Waals surface area contributed by atoms with Gasteiger partial charge in [-0.2, -0.15) is 0 Å². The second-order valence-corrected chi connectivity index (χ2v) is 20.9. The molecule has 0 aliphatic heterocycles. The second-order valence-electron chi connectivity index (χ2n) is 20.9. The molecule has 0 radical (unpaired) electrons. The zero-order valence-electron chi connectivity index (χ0n) is 47.4. The molecule has 11 rings (SSSR count). The van der Waals surface area contributed by atoms with Crippen LogP contribution < -0.4 is 9.30 Å². The quantitative estimate of drug-likeness (QED) is 0.0957. The Morgan fingerprint density at radius 3 is 2.00 bits per heavy atom. The number of hydrogen-bond donors (Lipinski definition) is 0. The van der Waals surface area contributed by atoms with Gasteiger partial charge in [0.15, 0.2) is 0 Å². The number of ether oxygens (including phenoxy) is 1. The summed E-state index contributed by atoms with van der Waals surface area (Å²) in [4.78, 5) is 4.98.